The minimum atomic E-state index is 0.499. The van der Waals surface area contributed by atoms with Crippen LogP contribution in [0.1, 0.15) is 34.1 Å². The highest BCUT2D eigenvalue weighted by molar-refractivity contribution is 7.07. The number of aldehydes is 1. The predicted octanol–water partition coefficient (Wildman–Crippen LogP) is 1.85. The van der Waals surface area contributed by atoms with Gasteiger partial charge in [-0.1, -0.05) is 0 Å². The quantitative estimate of drug-likeness (QED) is 0.679. The summed E-state index contributed by atoms with van der Waals surface area (Å²) < 4.78 is 9.53. The number of ether oxygens (including phenoxy) is 1. The van der Waals surface area contributed by atoms with E-state index in [0.717, 1.165) is 42.9 Å². The molecule has 0 N–H and O–H groups in total. The van der Waals surface area contributed by atoms with Crippen molar-refractivity contribution in [3.05, 3.63) is 16.6 Å². The molecule has 70 valence electrons. The van der Waals surface area contributed by atoms with Crippen LogP contribution in [0.4, 0.5) is 0 Å². The molecule has 4 heteroatoms. The van der Waals surface area contributed by atoms with E-state index >= 15 is 0 Å². The Hall–Kier alpha value is -0.740. The van der Waals surface area contributed by atoms with Crippen LogP contribution >= 0.6 is 11.5 Å². The summed E-state index contributed by atoms with van der Waals surface area (Å²) in [6.07, 6.45) is 2.92. The molecule has 0 bridgehead atoms. The van der Waals surface area contributed by atoms with E-state index in [0.29, 0.717) is 5.92 Å². The molecule has 1 aromatic rings. The van der Waals surface area contributed by atoms with Gasteiger partial charge in [-0.05, 0) is 30.4 Å². The summed E-state index contributed by atoms with van der Waals surface area (Å²) in [5.74, 6) is 0.499. The summed E-state index contributed by atoms with van der Waals surface area (Å²) >= 11 is 1.28. The molecule has 0 radical (unpaired) electrons. The zero-order valence-corrected chi connectivity index (χ0v) is 8.05. The van der Waals surface area contributed by atoms with Gasteiger partial charge < -0.3 is 4.74 Å². The molecule has 1 fully saturated rings. The van der Waals surface area contributed by atoms with Gasteiger partial charge in [0.1, 0.15) is 0 Å². The van der Waals surface area contributed by atoms with Gasteiger partial charge in [0.25, 0.3) is 0 Å². The van der Waals surface area contributed by atoms with Crippen LogP contribution in [0.2, 0.25) is 0 Å². The Morgan fingerprint density at radius 2 is 2.31 bits per heavy atom. The van der Waals surface area contributed by atoms with Crippen LogP contribution in [0.5, 0.6) is 0 Å². The largest absolute Gasteiger partial charge is 0.381 e. The molecule has 1 aliphatic heterocycles. The maximum absolute atomic E-state index is 10.4. The molecule has 1 saturated heterocycles. The summed E-state index contributed by atoms with van der Waals surface area (Å²) in [7, 11) is 0. The molecule has 0 aromatic carbocycles. The normalized spacial score (nSPS) is 18.8. The highest BCUT2D eigenvalue weighted by atomic mass is 32.1. The summed E-state index contributed by atoms with van der Waals surface area (Å²) in [6, 6.07) is 1.90. The van der Waals surface area contributed by atoms with Gasteiger partial charge >= 0.3 is 0 Å². The number of carbonyl (C=O) groups is 1. The fourth-order valence-electron chi connectivity index (χ4n) is 1.55. The lowest BCUT2D eigenvalue weighted by atomic mass is 9.97. The van der Waals surface area contributed by atoms with Crippen molar-refractivity contribution in [1.29, 1.82) is 0 Å². The van der Waals surface area contributed by atoms with E-state index in [9.17, 15) is 4.79 Å². The van der Waals surface area contributed by atoms with E-state index in [1.807, 2.05) is 6.07 Å². The first-order valence-corrected chi connectivity index (χ1v) is 5.17. The van der Waals surface area contributed by atoms with Crippen LogP contribution in [-0.4, -0.2) is 23.9 Å². The predicted molar refractivity (Wildman–Crippen MR) is 50.3 cm³/mol. The average Bonchev–Trinajstić information content (AvgIpc) is 2.67. The van der Waals surface area contributed by atoms with Crippen molar-refractivity contribution in [2.45, 2.75) is 18.8 Å². The monoisotopic (exact) mass is 197 g/mol. The van der Waals surface area contributed by atoms with Crippen LogP contribution in [0.3, 0.4) is 0 Å². The first kappa shape index (κ1) is 8.84. The Morgan fingerprint density at radius 3 is 2.92 bits per heavy atom. The van der Waals surface area contributed by atoms with Crippen molar-refractivity contribution in [3.63, 3.8) is 0 Å². The van der Waals surface area contributed by atoms with Gasteiger partial charge in [0.05, 0.1) is 10.6 Å². The van der Waals surface area contributed by atoms with Gasteiger partial charge in [-0.2, -0.15) is 4.37 Å². The van der Waals surface area contributed by atoms with Gasteiger partial charge in [0.15, 0.2) is 6.29 Å². The van der Waals surface area contributed by atoms with Crippen LogP contribution in [0.25, 0.3) is 0 Å². The van der Waals surface area contributed by atoms with Crippen molar-refractivity contribution in [2.75, 3.05) is 13.2 Å². The van der Waals surface area contributed by atoms with Gasteiger partial charge in [-0.25, -0.2) is 0 Å². The van der Waals surface area contributed by atoms with Gasteiger partial charge in [0, 0.05) is 19.1 Å². The topological polar surface area (TPSA) is 39.2 Å². The van der Waals surface area contributed by atoms with Crippen molar-refractivity contribution in [1.82, 2.24) is 4.37 Å². The zero-order valence-electron chi connectivity index (χ0n) is 7.23. The fraction of sp³-hybridized carbons (Fsp3) is 0.556. The van der Waals surface area contributed by atoms with Crippen molar-refractivity contribution < 1.29 is 9.53 Å². The second kappa shape index (κ2) is 3.98. The SMILES string of the molecule is O=Cc1cc(C2CCOCC2)ns1. The lowest BCUT2D eigenvalue weighted by Gasteiger charge is -2.19. The molecule has 1 aliphatic rings. The highest BCUT2D eigenvalue weighted by Gasteiger charge is 2.18. The second-order valence-corrected chi connectivity index (χ2v) is 4.00. The minimum Gasteiger partial charge on any atom is -0.381 e. The molecular weight excluding hydrogens is 186 g/mol. The standard InChI is InChI=1S/C9H11NO2S/c11-6-8-5-9(10-13-8)7-1-3-12-4-2-7/h5-7H,1-4H2. The first-order valence-electron chi connectivity index (χ1n) is 4.39. The molecule has 0 aliphatic carbocycles. The first-order chi connectivity index (χ1) is 6.40. The van der Waals surface area contributed by atoms with E-state index in [4.69, 9.17) is 4.74 Å². The molecule has 0 atom stereocenters. The molecule has 2 rings (SSSR count). The Bertz CT molecular complexity index is 292. The molecule has 2 heterocycles. The molecule has 1 aromatic heterocycles. The van der Waals surface area contributed by atoms with E-state index in [1.54, 1.807) is 0 Å². The van der Waals surface area contributed by atoms with Crippen molar-refractivity contribution in [3.8, 4) is 0 Å². The third-order valence-electron chi connectivity index (χ3n) is 2.30. The summed E-state index contributed by atoms with van der Waals surface area (Å²) in [5.41, 5.74) is 1.07. The van der Waals surface area contributed by atoms with E-state index in [1.165, 1.54) is 11.5 Å². The number of aromatic nitrogens is 1. The van der Waals surface area contributed by atoms with Gasteiger partial charge in [0.2, 0.25) is 0 Å². The Kier molecular flexibility index (Phi) is 2.71. The van der Waals surface area contributed by atoms with Gasteiger partial charge in [-0.15, -0.1) is 0 Å². The molecule has 0 amide bonds. The maximum atomic E-state index is 10.4. The average molecular weight is 197 g/mol. The third-order valence-corrected chi connectivity index (χ3v) is 3.03. The molecule has 0 saturated carbocycles. The molecule has 3 nitrogen and oxygen atoms in total. The van der Waals surface area contributed by atoms with E-state index in [2.05, 4.69) is 4.37 Å². The number of rotatable bonds is 2. The fourth-order valence-corrected chi connectivity index (χ4v) is 2.17. The number of hydrogen-bond acceptors (Lipinski definition) is 4. The summed E-state index contributed by atoms with van der Waals surface area (Å²) in [6.45, 7) is 1.64. The minimum absolute atomic E-state index is 0.499. The number of hydrogen-bond donors (Lipinski definition) is 0. The summed E-state index contributed by atoms with van der Waals surface area (Å²) in [4.78, 5) is 11.2. The molecule has 0 unspecified atom stereocenters. The third kappa shape index (κ3) is 1.95. The molecular formula is C9H11NO2S. The summed E-state index contributed by atoms with van der Waals surface area (Å²) in [5, 5.41) is 0. The Morgan fingerprint density at radius 1 is 1.54 bits per heavy atom. The molecule has 13 heavy (non-hydrogen) atoms. The van der Waals surface area contributed by atoms with E-state index < -0.39 is 0 Å². The Labute approximate surface area is 80.9 Å². The lowest BCUT2D eigenvalue weighted by Crippen LogP contribution is -2.14. The smallest absolute Gasteiger partial charge is 0.161 e. The van der Waals surface area contributed by atoms with Gasteiger partial charge in [-0.3, -0.25) is 4.79 Å². The van der Waals surface area contributed by atoms with Crippen LogP contribution in [0, 0.1) is 0 Å². The lowest BCUT2D eigenvalue weighted by molar-refractivity contribution is 0.0847. The maximum Gasteiger partial charge on any atom is 0.161 e. The zero-order chi connectivity index (χ0) is 9.10. The number of carbonyl (C=O) groups excluding carboxylic acids is 1. The highest BCUT2D eigenvalue weighted by Crippen LogP contribution is 2.27. The van der Waals surface area contributed by atoms with Crippen molar-refractivity contribution >= 4 is 17.8 Å². The van der Waals surface area contributed by atoms with Crippen LogP contribution in [0.15, 0.2) is 6.07 Å². The van der Waals surface area contributed by atoms with Crippen molar-refractivity contribution in [2.24, 2.45) is 0 Å². The van der Waals surface area contributed by atoms with Crippen LogP contribution in [-0.2, 0) is 4.74 Å². The van der Waals surface area contributed by atoms with Crippen LogP contribution < -0.4 is 0 Å². The Balaban J connectivity index is 2.09. The van der Waals surface area contributed by atoms with E-state index in [-0.39, 0.29) is 0 Å². The molecule has 0 spiro atoms. The second-order valence-electron chi connectivity index (χ2n) is 3.16. The number of nitrogens with zero attached hydrogens (tertiary/aromatic N) is 1.